The van der Waals surface area contributed by atoms with Crippen LogP contribution in [0.5, 0.6) is 0 Å². The van der Waals surface area contributed by atoms with Crippen LogP contribution in [0.1, 0.15) is 43.6 Å². The van der Waals surface area contributed by atoms with Gasteiger partial charge in [0.1, 0.15) is 17.9 Å². The van der Waals surface area contributed by atoms with Gasteiger partial charge in [0.2, 0.25) is 0 Å². The molecule has 1 N–H and O–H groups in total. The summed E-state index contributed by atoms with van der Waals surface area (Å²) < 4.78 is 37.7. The van der Waals surface area contributed by atoms with Crippen molar-refractivity contribution >= 4 is 5.78 Å². The fourth-order valence-corrected chi connectivity index (χ4v) is 2.54. The van der Waals surface area contributed by atoms with E-state index >= 15 is 0 Å². The fourth-order valence-electron chi connectivity index (χ4n) is 2.54. The molecule has 0 spiro atoms. The van der Waals surface area contributed by atoms with E-state index < -0.39 is 23.1 Å². The zero-order valence-electron chi connectivity index (χ0n) is 13.1. The lowest BCUT2D eigenvalue weighted by Crippen LogP contribution is -2.31. The van der Waals surface area contributed by atoms with Crippen molar-refractivity contribution in [3.05, 3.63) is 47.5 Å². The monoisotopic (exact) mass is 325 g/mol. The van der Waals surface area contributed by atoms with Crippen LogP contribution in [0.25, 0.3) is 0 Å². The number of hydrogen-bond acceptors (Lipinski definition) is 3. The second kappa shape index (κ2) is 6.14. The van der Waals surface area contributed by atoms with Crippen molar-refractivity contribution in [1.82, 2.24) is 15.2 Å². The minimum atomic E-state index is -4.36. The molecule has 0 saturated heterocycles. The van der Waals surface area contributed by atoms with Gasteiger partial charge in [-0.15, -0.1) is 0 Å². The van der Waals surface area contributed by atoms with Gasteiger partial charge < -0.3 is 0 Å². The molecular formula is C16H18F3N3O. The summed E-state index contributed by atoms with van der Waals surface area (Å²) in [5.41, 5.74) is -0.743. The molecule has 7 heteroatoms. The zero-order chi connectivity index (χ0) is 17.3. The highest BCUT2D eigenvalue weighted by Gasteiger charge is 2.34. The highest BCUT2D eigenvalue weighted by atomic mass is 19.4. The van der Waals surface area contributed by atoms with Gasteiger partial charge in [0.25, 0.3) is 0 Å². The number of alkyl halides is 3. The van der Waals surface area contributed by atoms with Crippen molar-refractivity contribution in [2.24, 2.45) is 5.41 Å². The molecule has 4 nitrogen and oxygen atoms in total. The summed E-state index contributed by atoms with van der Waals surface area (Å²) in [6, 6.07) is 4.90. The number of Topliss-reactive ketones (excluding diaryl/α,β-unsaturated/α-hetero) is 1. The smallest absolute Gasteiger partial charge is 0.298 e. The van der Waals surface area contributed by atoms with Crippen molar-refractivity contribution < 1.29 is 18.0 Å². The van der Waals surface area contributed by atoms with Crippen molar-refractivity contribution in [1.29, 1.82) is 0 Å². The Morgan fingerprint density at radius 2 is 1.83 bits per heavy atom. The summed E-state index contributed by atoms with van der Waals surface area (Å²) in [4.78, 5) is 16.6. The van der Waals surface area contributed by atoms with Crippen LogP contribution in [-0.4, -0.2) is 21.0 Å². The Morgan fingerprint density at radius 3 is 2.30 bits per heavy atom. The Hall–Kier alpha value is -2.18. The highest BCUT2D eigenvalue weighted by molar-refractivity contribution is 5.89. The third-order valence-electron chi connectivity index (χ3n) is 3.83. The number of carbonyl (C=O) groups is 1. The predicted octanol–water partition coefficient (Wildman–Crippen LogP) is 3.77. The van der Waals surface area contributed by atoms with Crippen LogP contribution < -0.4 is 0 Å². The zero-order valence-corrected chi connectivity index (χ0v) is 13.1. The van der Waals surface area contributed by atoms with Gasteiger partial charge in [-0.3, -0.25) is 9.89 Å². The largest absolute Gasteiger partial charge is 0.416 e. The number of H-pyrrole nitrogens is 1. The second-order valence-corrected chi connectivity index (χ2v) is 6.21. The molecule has 2 aromatic rings. The predicted molar refractivity (Wildman–Crippen MR) is 78.7 cm³/mol. The molecule has 23 heavy (non-hydrogen) atoms. The van der Waals surface area contributed by atoms with Crippen LogP contribution in [-0.2, 0) is 17.4 Å². The number of aromatic nitrogens is 3. The Kier molecular flexibility index (Phi) is 4.58. The Balaban J connectivity index is 2.12. The van der Waals surface area contributed by atoms with E-state index in [2.05, 4.69) is 15.2 Å². The van der Waals surface area contributed by atoms with Crippen molar-refractivity contribution in [3.63, 3.8) is 0 Å². The Morgan fingerprint density at radius 1 is 1.22 bits per heavy atom. The summed E-state index contributed by atoms with van der Waals surface area (Å²) in [7, 11) is 0. The topological polar surface area (TPSA) is 58.6 Å². The van der Waals surface area contributed by atoms with Crippen LogP contribution >= 0.6 is 0 Å². The number of nitrogens with one attached hydrogen (secondary N) is 1. The number of ketones is 1. The highest BCUT2D eigenvalue weighted by Crippen LogP contribution is 2.32. The van der Waals surface area contributed by atoms with E-state index in [0.717, 1.165) is 12.1 Å². The molecule has 1 aromatic heterocycles. The first-order valence-corrected chi connectivity index (χ1v) is 7.17. The molecule has 2 rings (SSSR count). The number of nitrogens with zero attached hydrogens (tertiary/aromatic N) is 2. The molecule has 1 unspecified atom stereocenters. The van der Waals surface area contributed by atoms with E-state index in [4.69, 9.17) is 0 Å². The summed E-state index contributed by atoms with van der Waals surface area (Å²) in [6.45, 7) is 5.29. The molecule has 0 saturated carbocycles. The third kappa shape index (κ3) is 3.97. The van der Waals surface area contributed by atoms with E-state index in [1.165, 1.54) is 18.5 Å². The summed E-state index contributed by atoms with van der Waals surface area (Å²) in [5.74, 6) is -0.0217. The molecule has 0 radical (unpaired) electrons. The lowest BCUT2D eigenvalue weighted by Gasteiger charge is -2.26. The standard InChI is InChI=1S/C16H18F3N3O/c1-10(14-20-9-21-22-14)13(23)15(2,3)8-11-4-6-12(7-5-11)16(17,18)19/h4-7,9-10H,8H2,1-3H3,(H,20,21,22). The van der Waals surface area contributed by atoms with Gasteiger partial charge in [0.15, 0.2) is 0 Å². The third-order valence-corrected chi connectivity index (χ3v) is 3.83. The maximum atomic E-state index is 12.6. The quantitative estimate of drug-likeness (QED) is 0.910. The maximum absolute atomic E-state index is 12.6. The van der Waals surface area contributed by atoms with Crippen molar-refractivity contribution in [2.75, 3.05) is 0 Å². The summed E-state index contributed by atoms with van der Waals surface area (Å²) in [5, 5.41) is 6.40. The van der Waals surface area contributed by atoms with Gasteiger partial charge in [-0.25, -0.2) is 4.98 Å². The van der Waals surface area contributed by atoms with Gasteiger partial charge in [0, 0.05) is 5.41 Å². The lowest BCUT2D eigenvalue weighted by molar-refractivity contribution is -0.137. The van der Waals surface area contributed by atoms with E-state index in [9.17, 15) is 18.0 Å². The first-order valence-electron chi connectivity index (χ1n) is 7.17. The molecule has 0 fully saturated rings. The molecule has 0 aliphatic rings. The van der Waals surface area contributed by atoms with Gasteiger partial charge in [-0.05, 0) is 31.0 Å². The van der Waals surface area contributed by atoms with Crippen LogP contribution in [0, 0.1) is 5.41 Å². The van der Waals surface area contributed by atoms with Crippen LogP contribution in [0.2, 0.25) is 0 Å². The van der Waals surface area contributed by atoms with Crippen LogP contribution in [0.15, 0.2) is 30.6 Å². The molecule has 0 bridgehead atoms. The van der Waals surface area contributed by atoms with Gasteiger partial charge in [-0.1, -0.05) is 26.0 Å². The van der Waals surface area contributed by atoms with E-state index in [-0.39, 0.29) is 5.78 Å². The van der Waals surface area contributed by atoms with E-state index in [1.807, 2.05) is 0 Å². The van der Waals surface area contributed by atoms with Crippen molar-refractivity contribution in [3.8, 4) is 0 Å². The molecule has 124 valence electrons. The number of hydrogen-bond donors (Lipinski definition) is 1. The molecule has 1 atom stereocenters. The molecule has 1 aromatic carbocycles. The minimum absolute atomic E-state index is 0.0471. The summed E-state index contributed by atoms with van der Waals surface area (Å²) in [6.07, 6.45) is -2.67. The molecule has 0 aliphatic heterocycles. The first kappa shape index (κ1) is 17.2. The normalized spacial score (nSPS) is 13.8. The van der Waals surface area contributed by atoms with Crippen LogP contribution in [0.4, 0.5) is 13.2 Å². The SMILES string of the molecule is CC(C(=O)C(C)(C)Cc1ccc(C(F)(F)F)cc1)c1ncn[nH]1. The van der Waals surface area contributed by atoms with Crippen LogP contribution in [0.3, 0.4) is 0 Å². The fraction of sp³-hybridized carbons (Fsp3) is 0.438. The number of rotatable bonds is 5. The Labute approximate surface area is 132 Å². The molecule has 0 amide bonds. The van der Waals surface area contributed by atoms with Crippen molar-refractivity contribution in [2.45, 2.75) is 39.3 Å². The second-order valence-electron chi connectivity index (χ2n) is 6.21. The van der Waals surface area contributed by atoms with Gasteiger partial charge >= 0.3 is 6.18 Å². The maximum Gasteiger partial charge on any atom is 0.416 e. The molecular weight excluding hydrogens is 307 g/mol. The number of halogens is 3. The van der Waals surface area contributed by atoms with Gasteiger partial charge in [-0.2, -0.15) is 18.3 Å². The molecule has 1 heterocycles. The van der Waals surface area contributed by atoms with E-state index in [0.29, 0.717) is 17.8 Å². The lowest BCUT2D eigenvalue weighted by atomic mass is 9.77. The number of carbonyl (C=O) groups excluding carboxylic acids is 1. The first-order chi connectivity index (χ1) is 10.6. The summed E-state index contributed by atoms with van der Waals surface area (Å²) >= 11 is 0. The van der Waals surface area contributed by atoms with Gasteiger partial charge in [0.05, 0.1) is 11.5 Å². The molecule has 0 aliphatic carbocycles. The number of aromatic amines is 1. The number of benzene rings is 1. The van der Waals surface area contributed by atoms with E-state index in [1.54, 1.807) is 20.8 Å². The Bertz CT molecular complexity index is 661. The average Bonchev–Trinajstić information content (AvgIpc) is 2.99. The average molecular weight is 325 g/mol. The minimum Gasteiger partial charge on any atom is -0.298 e.